The molecule has 0 saturated carbocycles. The van der Waals surface area contributed by atoms with E-state index < -0.39 is 17.5 Å². The number of aliphatic carboxylic acids is 1. The summed E-state index contributed by atoms with van der Waals surface area (Å²) < 4.78 is 0. The number of carbonyl (C=O) groups is 2. The van der Waals surface area contributed by atoms with Gasteiger partial charge in [-0.2, -0.15) is 5.26 Å². The summed E-state index contributed by atoms with van der Waals surface area (Å²) in [5.74, 6) is -2.10. The van der Waals surface area contributed by atoms with Crippen LogP contribution in [0.5, 0.6) is 5.75 Å². The second-order valence-corrected chi connectivity index (χ2v) is 5.24. The van der Waals surface area contributed by atoms with Gasteiger partial charge < -0.3 is 10.2 Å². The van der Waals surface area contributed by atoms with Gasteiger partial charge in [0.05, 0.1) is 17.5 Å². The summed E-state index contributed by atoms with van der Waals surface area (Å²) >= 11 is 6.12. The Labute approximate surface area is 137 Å². The van der Waals surface area contributed by atoms with Crippen LogP contribution in [0.4, 0.5) is 0 Å². The Hall–Kier alpha value is -2.84. The number of carboxylic acids is 1. The Morgan fingerprint density at radius 1 is 1.17 bits per heavy atom. The van der Waals surface area contributed by atoms with E-state index in [-0.39, 0.29) is 24.0 Å². The summed E-state index contributed by atoms with van der Waals surface area (Å²) in [5.41, 5.74) is 0.961. The fourth-order valence-corrected chi connectivity index (χ4v) is 2.38. The Balaban J connectivity index is 2.53. The molecule has 23 heavy (non-hydrogen) atoms. The number of ketones is 1. The summed E-state index contributed by atoms with van der Waals surface area (Å²) in [5, 5.41) is 28.3. The normalized spacial score (nSPS) is 10.1. The van der Waals surface area contributed by atoms with Crippen LogP contribution in [0.15, 0.2) is 36.4 Å². The molecule has 2 rings (SSSR count). The molecule has 2 N–H and O–H groups in total. The van der Waals surface area contributed by atoms with E-state index in [1.807, 2.05) is 6.07 Å². The van der Waals surface area contributed by atoms with E-state index in [2.05, 4.69) is 0 Å². The van der Waals surface area contributed by atoms with Gasteiger partial charge in [-0.15, -0.1) is 0 Å². The number of aromatic hydroxyl groups is 1. The number of carbonyl (C=O) groups excluding carboxylic acids is 1. The lowest BCUT2D eigenvalue weighted by atomic mass is 9.95. The number of rotatable bonds is 5. The molecule has 0 radical (unpaired) electrons. The molecule has 0 atom stereocenters. The van der Waals surface area contributed by atoms with Crippen LogP contribution in [-0.4, -0.2) is 22.0 Å². The molecule has 2 aromatic carbocycles. The molecule has 0 aliphatic carbocycles. The molecule has 116 valence electrons. The van der Waals surface area contributed by atoms with Crippen molar-refractivity contribution in [3.05, 3.63) is 52.5 Å². The number of phenolic OH excluding ortho intramolecular Hbond substituents is 1. The second-order valence-electron chi connectivity index (χ2n) is 4.83. The van der Waals surface area contributed by atoms with Gasteiger partial charge in [-0.3, -0.25) is 9.59 Å². The maximum absolute atomic E-state index is 12.1. The second kappa shape index (κ2) is 6.95. The van der Waals surface area contributed by atoms with Crippen molar-refractivity contribution in [3.63, 3.8) is 0 Å². The first-order valence-corrected chi connectivity index (χ1v) is 7.09. The van der Waals surface area contributed by atoms with E-state index >= 15 is 0 Å². The summed E-state index contributed by atoms with van der Waals surface area (Å²) in [6.45, 7) is 0. The average Bonchev–Trinajstić information content (AvgIpc) is 2.53. The van der Waals surface area contributed by atoms with Crippen molar-refractivity contribution in [1.29, 1.82) is 5.26 Å². The molecular formula is C17H12ClNO4. The molecule has 0 unspecified atom stereocenters. The van der Waals surface area contributed by atoms with Crippen molar-refractivity contribution in [2.75, 3.05) is 0 Å². The minimum Gasteiger partial charge on any atom is -0.506 e. The number of nitrogens with zero attached hydrogens (tertiary/aromatic N) is 1. The molecular weight excluding hydrogens is 318 g/mol. The minimum absolute atomic E-state index is 0.0684. The fraction of sp³-hybridized carbons (Fsp3) is 0.118. The monoisotopic (exact) mass is 329 g/mol. The lowest BCUT2D eigenvalue weighted by molar-refractivity contribution is -0.136. The van der Waals surface area contributed by atoms with Crippen molar-refractivity contribution >= 4 is 23.4 Å². The van der Waals surface area contributed by atoms with Crippen LogP contribution in [0.25, 0.3) is 11.1 Å². The highest BCUT2D eigenvalue weighted by Gasteiger charge is 2.18. The highest BCUT2D eigenvalue weighted by molar-refractivity contribution is 6.33. The van der Waals surface area contributed by atoms with Crippen molar-refractivity contribution < 1.29 is 19.8 Å². The maximum atomic E-state index is 12.1. The van der Waals surface area contributed by atoms with Crippen molar-refractivity contribution in [2.24, 2.45) is 0 Å². The summed E-state index contributed by atoms with van der Waals surface area (Å²) in [7, 11) is 0. The molecule has 0 saturated heterocycles. The first-order valence-electron chi connectivity index (χ1n) is 6.71. The standard InChI is InChI=1S/C17H12ClNO4/c18-14-4-2-1-3-12(14)10-7-11(9-19)17(23)13(8-10)15(20)5-6-16(21)22/h1-4,7-8,23H,5-6H2,(H,21,22). The third-order valence-electron chi connectivity index (χ3n) is 3.28. The first-order chi connectivity index (χ1) is 10.9. The predicted octanol–water partition coefficient (Wildman–Crippen LogP) is 3.63. The quantitative estimate of drug-likeness (QED) is 0.816. The number of nitriles is 1. The van der Waals surface area contributed by atoms with Gasteiger partial charge in [0.1, 0.15) is 11.8 Å². The van der Waals surface area contributed by atoms with Crippen LogP contribution in [-0.2, 0) is 4.79 Å². The number of hydrogen-bond acceptors (Lipinski definition) is 4. The molecule has 0 spiro atoms. The van der Waals surface area contributed by atoms with E-state index in [0.29, 0.717) is 16.1 Å². The van der Waals surface area contributed by atoms with Crippen LogP contribution in [0, 0.1) is 11.3 Å². The molecule has 0 amide bonds. The highest BCUT2D eigenvalue weighted by Crippen LogP contribution is 2.34. The van der Waals surface area contributed by atoms with E-state index in [1.165, 1.54) is 12.1 Å². The van der Waals surface area contributed by atoms with E-state index in [9.17, 15) is 14.7 Å². The summed E-state index contributed by atoms with van der Waals surface area (Å²) in [4.78, 5) is 22.7. The Kier molecular flexibility index (Phi) is 4.99. The Bertz CT molecular complexity index is 824. The van der Waals surface area contributed by atoms with Gasteiger partial charge in [-0.05, 0) is 23.8 Å². The smallest absolute Gasteiger partial charge is 0.303 e. The molecule has 0 aliphatic rings. The Morgan fingerprint density at radius 3 is 2.48 bits per heavy atom. The molecule has 0 bridgehead atoms. The number of phenols is 1. The van der Waals surface area contributed by atoms with Crippen molar-refractivity contribution in [1.82, 2.24) is 0 Å². The molecule has 5 nitrogen and oxygen atoms in total. The zero-order valence-corrected chi connectivity index (χ0v) is 12.7. The van der Waals surface area contributed by atoms with Crippen molar-refractivity contribution in [2.45, 2.75) is 12.8 Å². The van der Waals surface area contributed by atoms with E-state index in [1.54, 1.807) is 24.3 Å². The van der Waals surface area contributed by atoms with Crippen LogP contribution in [0.1, 0.15) is 28.8 Å². The molecule has 0 aliphatic heterocycles. The third-order valence-corrected chi connectivity index (χ3v) is 3.61. The van der Waals surface area contributed by atoms with Crippen molar-refractivity contribution in [3.8, 4) is 22.9 Å². The molecule has 6 heteroatoms. The minimum atomic E-state index is -1.11. The first kappa shape index (κ1) is 16.5. The summed E-state index contributed by atoms with van der Waals surface area (Å²) in [6, 6.07) is 11.6. The van der Waals surface area contributed by atoms with E-state index in [0.717, 1.165) is 0 Å². The number of hydrogen-bond donors (Lipinski definition) is 2. The van der Waals surface area contributed by atoms with Gasteiger partial charge >= 0.3 is 5.97 Å². The number of benzene rings is 2. The van der Waals surface area contributed by atoms with Gasteiger partial charge in [0.25, 0.3) is 0 Å². The molecule has 2 aromatic rings. The van der Waals surface area contributed by atoms with Crippen LogP contribution >= 0.6 is 11.6 Å². The maximum Gasteiger partial charge on any atom is 0.303 e. The van der Waals surface area contributed by atoms with Gasteiger partial charge in [0.15, 0.2) is 5.78 Å². The molecule has 0 aromatic heterocycles. The zero-order chi connectivity index (χ0) is 17.0. The van der Waals surface area contributed by atoms with Gasteiger partial charge in [0, 0.05) is 17.0 Å². The highest BCUT2D eigenvalue weighted by atomic mass is 35.5. The predicted molar refractivity (Wildman–Crippen MR) is 84.5 cm³/mol. The topological polar surface area (TPSA) is 98.4 Å². The number of Topliss-reactive ketones (excluding diaryl/α,β-unsaturated/α-hetero) is 1. The average molecular weight is 330 g/mol. The number of halogens is 1. The molecule has 0 fully saturated rings. The zero-order valence-electron chi connectivity index (χ0n) is 11.9. The Morgan fingerprint density at radius 2 is 1.87 bits per heavy atom. The van der Waals surface area contributed by atoms with Gasteiger partial charge in [-0.25, -0.2) is 0 Å². The fourth-order valence-electron chi connectivity index (χ4n) is 2.14. The lowest BCUT2D eigenvalue weighted by Gasteiger charge is -2.10. The van der Waals surface area contributed by atoms with Gasteiger partial charge in [0.2, 0.25) is 0 Å². The number of carboxylic acid groups (broad SMARTS) is 1. The summed E-state index contributed by atoms with van der Waals surface area (Å²) in [6.07, 6.45) is -0.615. The molecule has 0 heterocycles. The van der Waals surface area contributed by atoms with Crippen LogP contribution in [0.2, 0.25) is 5.02 Å². The SMILES string of the molecule is N#Cc1cc(-c2ccccc2Cl)cc(C(=O)CCC(=O)O)c1O. The van der Waals surface area contributed by atoms with E-state index in [4.69, 9.17) is 22.0 Å². The lowest BCUT2D eigenvalue weighted by Crippen LogP contribution is -2.05. The van der Waals surface area contributed by atoms with Crippen LogP contribution < -0.4 is 0 Å². The third kappa shape index (κ3) is 3.68. The van der Waals surface area contributed by atoms with Gasteiger partial charge in [-0.1, -0.05) is 29.8 Å². The largest absolute Gasteiger partial charge is 0.506 e. The van der Waals surface area contributed by atoms with Crippen LogP contribution in [0.3, 0.4) is 0 Å².